The first-order chi connectivity index (χ1) is 9.72. The van der Waals surface area contributed by atoms with Gasteiger partial charge in [-0.1, -0.05) is 0 Å². The van der Waals surface area contributed by atoms with Crippen LogP contribution in [0.4, 0.5) is 0 Å². The van der Waals surface area contributed by atoms with Gasteiger partial charge < -0.3 is 9.52 Å². The van der Waals surface area contributed by atoms with Gasteiger partial charge in [0.1, 0.15) is 11.3 Å². The third-order valence-corrected chi connectivity index (χ3v) is 4.87. The van der Waals surface area contributed by atoms with E-state index in [-0.39, 0.29) is 6.10 Å². The van der Waals surface area contributed by atoms with E-state index >= 15 is 0 Å². The maximum absolute atomic E-state index is 9.74. The maximum Gasteiger partial charge on any atom is 0.126 e. The second-order valence-electron chi connectivity index (χ2n) is 5.53. The first kappa shape index (κ1) is 13.8. The third kappa shape index (κ3) is 3.11. The van der Waals surface area contributed by atoms with E-state index in [1.807, 2.05) is 13.0 Å². The smallest absolute Gasteiger partial charge is 0.126 e. The molecule has 0 radical (unpaired) electrons. The Morgan fingerprint density at radius 3 is 3.25 bits per heavy atom. The molecule has 0 spiro atoms. The molecule has 5 heteroatoms. The number of rotatable bonds is 4. The fourth-order valence-electron chi connectivity index (χ4n) is 2.76. The lowest BCUT2D eigenvalue weighted by Gasteiger charge is -2.33. The van der Waals surface area contributed by atoms with Crippen LogP contribution in [0.5, 0.6) is 0 Å². The molecule has 3 heterocycles. The van der Waals surface area contributed by atoms with Crippen molar-refractivity contribution in [2.75, 3.05) is 13.1 Å². The van der Waals surface area contributed by atoms with Gasteiger partial charge in [-0.3, -0.25) is 4.90 Å². The molecule has 1 N–H and O–H groups in total. The van der Waals surface area contributed by atoms with Crippen molar-refractivity contribution >= 4 is 11.3 Å². The number of nitrogens with zero attached hydrogens (tertiary/aromatic N) is 2. The summed E-state index contributed by atoms with van der Waals surface area (Å²) in [4.78, 5) is 7.07. The predicted molar refractivity (Wildman–Crippen MR) is 79.5 cm³/mol. The predicted octanol–water partition coefficient (Wildman–Crippen LogP) is 3.00. The second kappa shape index (κ2) is 6.08. The topological polar surface area (TPSA) is 49.5 Å². The van der Waals surface area contributed by atoms with Crippen molar-refractivity contribution in [2.24, 2.45) is 5.92 Å². The van der Waals surface area contributed by atoms with Crippen LogP contribution in [-0.4, -0.2) is 34.2 Å². The van der Waals surface area contributed by atoms with Gasteiger partial charge in [-0.05, 0) is 38.3 Å². The van der Waals surface area contributed by atoms with Crippen molar-refractivity contribution in [3.63, 3.8) is 0 Å². The molecule has 2 aromatic rings. The van der Waals surface area contributed by atoms with Crippen molar-refractivity contribution in [1.29, 1.82) is 0 Å². The zero-order valence-electron chi connectivity index (χ0n) is 11.7. The van der Waals surface area contributed by atoms with Crippen molar-refractivity contribution in [2.45, 2.75) is 32.4 Å². The van der Waals surface area contributed by atoms with E-state index in [1.54, 1.807) is 23.9 Å². The Balaban J connectivity index is 1.63. The Bertz CT molecular complexity index is 536. The molecular formula is C15H20N2O2S. The zero-order valence-corrected chi connectivity index (χ0v) is 12.5. The number of aliphatic hydroxyl groups excluding tert-OH is 1. The quantitative estimate of drug-likeness (QED) is 0.941. The molecule has 0 aromatic carbocycles. The van der Waals surface area contributed by atoms with Crippen LogP contribution in [0.15, 0.2) is 28.4 Å². The largest absolute Gasteiger partial charge is 0.472 e. The fraction of sp³-hybridized carbons (Fsp3) is 0.533. The summed E-state index contributed by atoms with van der Waals surface area (Å²) in [6.07, 6.45) is 5.48. The molecule has 0 saturated carbocycles. The first-order valence-corrected chi connectivity index (χ1v) is 7.98. The van der Waals surface area contributed by atoms with Gasteiger partial charge in [-0.2, -0.15) is 0 Å². The minimum Gasteiger partial charge on any atom is -0.472 e. The van der Waals surface area contributed by atoms with Crippen LogP contribution in [0.2, 0.25) is 0 Å². The van der Waals surface area contributed by atoms with Crippen molar-refractivity contribution in [1.82, 2.24) is 9.88 Å². The van der Waals surface area contributed by atoms with E-state index in [1.165, 1.54) is 0 Å². The van der Waals surface area contributed by atoms with E-state index in [0.717, 1.165) is 48.7 Å². The highest BCUT2D eigenvalue weighted by Gasteiger charge is 2.23. The Morgan fingerprint density at radius 1 is 1.60 bits per heavy atom. The monoisotopic (exact) mass is 292 g/mol. The van der Waals surface area contributed by atoms with E-state index in [2.05, 4.69) is 15.3 Å². The summed E-state index contributed by atoms with van der Waals surface area (Å²) in [7, 11) is 0. The summed E-state index contributed by atoms with van der Waals surface area (Å²) in [5, 5.41) is 12.9. The van der Waals surface area contributed by atoms with Gasteiger partial charge >= 0.3 is 0 Å². The molecule has 108 valence electrons. The molecule has 3 rings (SSSR count). The lowest BCUT2D eigenvalue weighted by molar-refractivity contribution is 0.0595. The highest BCUT2D eigenvalue weighted by atomic mass is 32.1. The molecule has 1 aliphatic rings. The van der Waals surface area contributed by atoms with Gasteiger partial charge in [0.05, 0.1) is 18.1 Å². The summed E-state index contributed by atoms with van der Waals surface area (Å²) in [5.74, 6) is 0.399. The maximum atomic E-state index is 9.74. The summed E-state index contributed by atoms with van der Waals surface area (Å²) in [6.45, 7) is 4.84. The van der Waals surface area contributed by atoms with Crippen molar-refractivity contribution < 1.29 is 9.52 Å². The highest BCUT2D eigenvalue weighted by Crippen LogP contribution is 2.26. The second-order valence-corrected chi connectivity index (χ2v) is 6.39. The summed E-state index contributed by atoms with van der Waals surface area (Å²) in [6, 6.07) is 1.94. The van der Waals surface area contributed by atoms with Crippen LogP contribution >= 0.6 is 11.3 Å². The minimum absolute atomic E-state index is 0.213. The Kier molecular flexibility index (Phi) is 4.19. The SMILES string of the molecule is C[C@@H](O)[C@H]1CCCN(Cc2csc(-c3ccoc3)n2)C1. The molecule has 20 heavy (non-hydrogen) atoms. The van der Waals surface area contributed by atoms with Crippen LogP contribution in [0.3, 0.4) is 0 Å². The Hall–Kier alpha value is -1.17. The number of furan rings is 1. The number of likely N-dealkylation sites (tertiary alicyclic amines) is 1. The van der Waals surface area contributed by atoms with Gasteiger partial charge in [0, 0.05) is 24.0 Å². The average Bonchev–Trinajstić information content (AvgIpc) is 3.09. The van der Waals surface area contributed by atoms with E-state index in [0.29, 0.717) is 5.92 Å². The first-order valence-electron chi connectivity index (χ1n) is 7.10. The van der Waals surface area contributed by atoms with Crippen molar-refractivity contribution in [3.05, 3.63) is 29.7 Å². The third-order valence-electron chi connectivity index (χ3n) is 3.93. The van der Waals surface area contributed by atoms with E-state index in [9.17, 15) is 5.11 Å². The number of aliphatic hydroxyl groups is 1. The van der Waals surface area contributed by atoms with Crippen LogP contribution in [0, 0.1) is 5.92 Å². The van der Waals surface area contributed by atoms with E-state index < -0.39 is 0 Å². The normalized spacial score (nSPS) is 22.0. The van der Waals surface area contributed by atoms with Crippen LogP contribution in [0.1, 0.15) is 25.5 Å². The lowest BCUT2D eigenvalue weighted by atomic mass is 9.93. The van der Waals surface area contributed by atoms with Gasteiger partial charge in [0.25, 0.3) is 0 Å². The number of thiazole rings is 1. The summed E-state index contributed by atoms with van der Waals surface area (Å²) in [5.41, 5.74) is 2.15. The standard InChI is InChI=1S/C15H20N2O2S/c1-11(18)12-3-2-5-17(7-12)8-14-10-20-15(16-14)13-4-6-19-9-13/h4,6,9-12,18H,2-3,5,7-8H2,1H3/t11-,12+/m1/s1. The Morgan fingerprint density at radius 2 is 2.50 bits per heavy atom. The van der Waals surface area contributed by atoms with E-state index in [4.69, 9.17) is 4.42 Å². The van der Waals surface area contributed by atoms with Gasteiger partial charge in [0.2, 0.25) is 0 Å². The molecule has 0 bridgehead atoms. The van der Waals surface area contributed by atoms with Crippen LogP contribution in [-0.2, 0) is 6.54 Å². The molecule has 1 aliphatic heterocycles. The molecular weight excluding hydrogens is 272 g/mol. The summed E-state index contributed by atoms with van der Waals surface area (Å²) >= 11 is 1.66. The molecule has 2 aromatic heterocycles. The average molecular weight is 292 g/mol. The number of hydrogen-bond acceptors (Lipinski definition) is 5. The molecule has 0 amide bonds. The molecule has 2 atom stereocenters. The van der Waals surface area contributed by atoms with Gasteiger partial charge in [0.15, 0.2) is 0 Å². The van der Waals surface area contributed by atoms with Crippen LogP contribution in [0.25, 0.3) is 10.6 Å². The fourth-order valence-corrected chi connectivity index (χ4v) is 3.55. The zero-order chi connectivity index (χ0) is 13.9. The van der Waals surface area contributed by atoms with Crippen molar-refractivity contribution in [3.8, 4) is 10.6 Å². The minimum atomic E-state index is -0.213. The number of aromatic nitrogens is 1. The summed E-state index contributed by atoms with van der Waals surface area (Å²) < 4.78 is 5.10. The number of hydrogen-bond donors (Lipinski definition) is 1. The van der Waals surface area contributed by atoms with Crippen LogP contribution < -0.4 is 0 Å². The Labute approximate surface area is 123 Å². The number of piperidine rings is 1. The van der Waals surface area contributed by atoms with Gasteiger partial charge in [-0.15, -0.1) is 11.3 Å². The lowest BCUT2D eigenvalue weighted by Crippen LogP contribution is -2.39. The van der Waals surface area contributed by atoms with Gasteiger partial charge in [-0.25, -0.2) is 4.98 Å². The molecule has 4 nitrogen and oxygen atoms in total. The molecule has 1 saturated heterocycles. The molecule has 0 aliphatic carbocycles. The highest BCUT2D eigenvalue weighted by molar-refractivity contribution is 7.13. The molecule has 0 unspecified atom stereocenters. The molecule has 1 fully saturated rings.